The normalized spacial score (nSPS) is 25.6. The highest BCUT2D eigenvalue weighted by Gasteiger charge is 2.48. The molecule has 1 aliphatic rings. The highest BCUT2D eigenvalue weighted by atomic mass is 16.5. The molecule has 118 valence electrons. The van der Waals surface area contributed by atoms with Gasteiger partial charge in [0.25, 0.3) is 0 Å². The van der Waals surface area contributed by atoms with Crippen LogP contribution in [-0.4, -0.2) is 23.5 Å². The molecule has 2 N–H and O–H groups in total. The molecule has 0 radical (unpaired) electrons. The molecule has 2 atom stereocenters. The molecule has 2 unspecified atom stereocenters. The van der Waals surface area contributed by atoms with Gasteiger partial charge in [-0.3, -0.25) is 4.79 Å². The van der Waals surface area contributed by atoms with E-state index >= 15 is 0 Å². The van der Waals surface area contributed by atoms with Crippen LogP contribution in [0.3, 0.4) is 0 Å². The average Bonchev–Trinajstić information content (AvgIpc) is 2.54. The van der Waals surface area contributed by atoms with Crippen molar-refractivity contribution in [1.29, 1.82) is 0 Å². The van der Waals surface area contributed by atoms with E-state index < -0.39 is 0 Å². The minimum absolute atomic E-state index is 0.0395. The number of carbonyl (C=O) groups is 1. The van der Waals surface area contributed by atoms with Crippen molar-refractivity contribution in [3.8, 4) is 0 Å². The SMILES string of the molecule is CCCC(CCN)CCC(=O)C1CC(C)(C)OC1(C)C. The molecule has 0 aromatic heterocycles. The minimum atomic E-state index is -0.325. The van der Waals surface area contributed by atoms with Gasteiger partial charge in [-0.05, 0) is 59.4 Å². The topological polar surface area (TPSA) is 52.3 Å². The molecule has 0 aliphatic carbocycles. The van der Waals surface area contributed by atoms with Gasteiger partial charge < -0.3 is 10.5 Å². The van der Waals surface area contributed by atoms with Crippen molar-refractivity contribution in [2.45, 2.75) is 84.3 Å². The Labute approximate surface area is 124 Å². The second-order valence-electron chi connectivity index (χ2n) is 7.46. The molecule has 1 heterocycles. The first-order chi connectivity index (χ1) is 9.22. The van der Waals surface area contributed by atoms with Crippen molar-refractivity contribution < 1.29 is 9.53 Å². The second kappa shape index (κ2) is 7.04. The molecular formula is C17H33NO2. The number of nitrogens with two attached hydrogens (primary N) is 1. The van der Waals surface area contributed by atoms with Crippen LogP contribution in [0.1, 0.15) is 73.1 Å². The molecule has 0 spiro atoms. The highest BCUT2D eigenvalue weighted by Crippen LogP contribution is 2.43. The summed E-state index contributed by atoms with van der Waals surface area (Å²) in [7, 11) is 0. The lowest BCUT2D eigenvalue weighted by atomic mass is 9.81. The van der Waals surface area contributed by atoms with Gasteiger partial charge in [0.1, 0.15) is 5.78 Å². The molecule has 0 aromatic carbocycles. The molecule has 1 fully saturated rings. The molecule has 3 nitrogen and oxygen atoms in total. The van der Waals surface area contributed by atoms with Gasteiger partial charge in [0, 0.05) is 12.3 Å². The predicted octanol–water partition coefficient (Wildman–Crippen LogP) is 3.69. The molecule has 1 rings (SSSR count). The number of ketones is 1. The lowest BCUT2D eigenvalue weighted by Gasteiger charge is -2.27. The molecule has 0 amide bonds. The van der Waals surface area contributed by atoms with Crippen LogP contribution >= 0.6 is 0 Å². The Hall–Kier alpha value is -0.410. The van der Waals surface area contributed by atoms with E-state index in [1.165, 1.54) is 12.8 Å². The van der Waals surface area contributed by atoms with Gasteiger partial charge in [-0.15, -0.1) is 0 Å². The number of ether oxygens (including phenoxy) is 1. The zero-order chi connectivity index (χ0) is 15.4. The molecule has 3 heteroatoms. The third-order valence-electron chi connectivity index (χ3n) is 4.53. The van der Waals surface area contributed by atoms with Crippen LogP contribution in [0.25, 0.3) is 0 Å². The van der Waals surface area contributed by atoms with E-state index in [0.717, 1.165) is 25.8 Å². The van der Waals surface area contributed by atoms with Gasteiger partial charge in [0.2, 0.25) is 0 Å². The van der Waals surface area contributed by atoms with E-state index in [-0.39, 0.29) is 17.1 Å². The molecule has 0 saturated carbocycles. The van der Waals surface area contributed by atoms with E-state index in [0.29, 0.717) is 18.1 Å². The van der Waals surface area contributed by atoms with E-state index in [1.54, 1.807) is 0 Å². The van der Waals surface area contributed by atoms with Crippen molar-refractivity contribution >= 4 is 5.78 Å². The van der Waals surface area contributed by atoms with Gasteiger partial charge in [0.05, 0.1) is 11.2 Å². The zero-order valence-corrected chi connectivity index (χ0v) is 14.0. The molecule has 1 saturated heterocycles. The van der Waals surface area contributed by atoms with E-state index in [2.05, 4.69) is 20.8 Å². The maximum absolute atomic E-state index is 12.6. The van der Waals surface area contributed by atoms with Crippen LogP contribution in [0.15, 0.2) is 0 Å². The number of hydrogen-bond donors (Lipinski definition) is 1. The van der Waals surface area contributed by atoms with Crippen molar-refractivity contribution in [3.63, 3.8) is 0 Å². The van der Waals surface area contributed by atoms with Crippen LogP contribution in [-0.2, 0) is 9.53 Å². The summed E-state index contributed by atoms with van der Waals surface area (Å²) in [4.78, 5) is 12.6. The second-order valence-corrected chi connectivity index (χ2v) is 7.46. The minimum Gasteiger partial charge on any atom is -0.369 e. The predicted molar refractivity (Wildman–Crippen MR) is 83.7 cm³/mol. The summed E-state index contributed by atoms with van der Waals surface area (Å²) in [6.07, 6.45) is 5.89. The van der Waals surface area contributed by atoms with E-state index in [1.807, 2.05) is 13.8 Å². The summed E-state index contributed by atoms with van der Waals surface area (Å²) >= 11 is 0. The fourth-order valence-electron chi connectivity index (χ4n) is 3.66. The smallest absolute Gasteiger partial charge is 0.138 e. The zero-order valence-electron chi connectivity index (χ0n) is 14.0. The molecular weight excluding hydrogens is 250 g/mol. The van der Waals surface area contributed by atoms with Gasteiger partial charge in [-0.1, -0.05) is 19.8 Å². The fourth-order valence-corrected chi connectivity index (χ4v) is 3.66. The number of hydrogen-bond acceptors (Lipinski definition) is 3. The van der Waals surface area contributed by atoms with Gasteiger partial charge >= 0.3 is 0 Å². The summed E-state index contributed by atoms with van der Waals surface area (Å²) in [6, 6.07) is 0. The largest absolute Gasteiger partial charge is 0.369 e. The standard InChI is InChI=1S/C17H33NO2/c1-6-7-13(10-11-18)8-9-15(19)14-12-16(2,3)20-17(14,4)5/h13-14H,6-12,18H2,1-5H3. The van der Waals surface area contributed by atoms with Crippen molar-refractivity contribution in [3.05, 3.63) is 0 Å². The first-order valence-electron chi connectivity index (χ1n) is 8.15. The summed E-state index contributed by atoms with van der Waals surface area (Å²) < 4.78 is 6.03. The quantitative estimate of drug-likeness (QED) is 0.739. The third-order valence-corrected chi connectivity index (χ3v) is 4.53. The number of carbonyl (C=O) groups excluding carboxylic acids is 1. The lowest BCUT2D eigenvalue weighted by molar-refractivity contribution is -0.129. The Bertz CT molecular complexity index is 317. The highest BCUT2D eigenvalue weighted by molar-refractivity contribution is 5.82. The van der Waals surface area contributed by atoms with Crippen LogP contribution in [0.4, 0.5) is 0 Å². The maximum Gasteiger partial charge on any atom is 0.138 e. The van der Waals surface area contributed by atoms with Crippen molar-refractivity contribution in [2.75, 3.05) is 6.54 Å². The Balaban J connectivity index is 2.54. The Morgan fingerprint density at radius 3 is 2.35 bits per heavy atom. The molecule has 1 aliphatic heterocycles. The van der Waals surface area contributed by atoms with Gasteiger partial charge in [-0.25, -0.2) is 0 Å². The van der Waals surface area contributed by atoms with Crippen molar-refractivity contribution in [1.82, 2.24) is 0 Å². The maximum atomic E-state index is 12.6. The summed E-state index contributed by atoms with van der Waals surface area (Å²) in [5, 5.41) is 0. The molecule has 0 bridgehead atoms. The number of rotatable bonds is 8. The van der Waals surface area contributed by atoms with Crippen LogP contribution < -0.4 is 5.73 Å². The van der Waals surface area contributed by atoms with Gasteiger partial charge in [0.15, 0.2) is 0 Å². The van der Waals surface area contributed by atoms with Crippen LogP contribution in [0.2, 0.25) is 0 Å². The first kappa shape index (κ1) is 17.6. The molecule has 20 heavy (non-hydrogen) atoms. The monoisotopic (exact) mass is 283 g/mol. The number of Topliss-reactive ketones (excluding diaryl/α,β-unsaturated/α-hetero) is 1. The first-order valence-corrected chi connectivity index (χ1v) is 8.15. The molecule has 0 aromatic rings. The fraction of sp³-hybridized carbons (Fsp3) is 0.941. The Morgan fingerprint density at radius 2 is 1.90 bits per heavy atom. The van der Waals surface area contributed by atoms with Gasteiger partial charge in [-0.2, -0.15) is 0 Å². The summed E-state index contributed by atoms with van der Waals surface area (Å²) in [5.74, 6) is 1.02. The lowest BCUT2D eigenvalue weighted by Crippen LogP contribution is -2.34. The average molecular weight is 283 g/mol. The Kier molecular flexibility index (Phi) is 6.21. The van der Waals surface area contributed by atoms with Crippen molar-refractivity contribution in [2.24, 2.45) is 17.6 Å². The summed E-state index contributed by atoms with van der Waals surface area (Å²) in [5.41, 5.74) is 5.16. The Morgan fingerprint density at radius 1 is 1.25 bits per heavy atom. The van der Waals surface area contributed by atoms with Crippen LogP contribution in [0, 0.1) is 11.8 Å². The van der Waals surface area contributed by atoms with E-state index in [4.69, 9.17) is 10.5 Å². The van der Waals surface area contributed by atoms with E-state index in [9.17, 15) is 4.79 Å². The van der Waals surface area contributed by atoms with Crippen LogP contribution in [0.5, 0.6) is 0 Å². The third kappa shape index (κ3) is 4.85. The summed E-state index contributed by atoms with van der Waals surface area (Å²) in [6.45, 7) is 11.2.